The second kappa shape index (κ2) is 5.76. The lowest BCUT2D eigenvalue weighted by atomic mass is 10.1. The highest BCUT2D eigenvalue weighted by Gasteiger charge is 2.14. The number of rotatable bonds is 3. The van der Waals surface area contributed by atoms with Crippen LogP contribution in [-0.4, -0.2) is 11.1 Å². The highest BCUT2D eigenvalue weighted by Crippen LogP contribution is 2.31. The van der Waals surface area contributed by atoms with E-state index >= 15 is 0 Å². The maximum absolute atomic E-state index is 11.2. The third-order valence-corrected chi connectivity index (χ3v) is 3.14. The Balaban J connectivity index is 2.50. The van der Waals surface area contributed by atoms with Crippen LogP contribution in [0, 0.1) is 18.3 Å². The molecule has 4 nitrogen and oxygen atoms in total. The zero-order valence-electron chi connectivity index (χ0n) is 10.6. The molecule has 100 valence electrons. The lowest BCUT2D eigenvalue weighted by Gasteiger charge is -2.11. The van der Waals surface area contributed by atoms with Gasteiger partial charge in [0.25, 0.3) is 0 Å². The van der Waals surface area contributed by atoms with Crippen molar-refractivity contribution in [3.8, 4) is 17.6 Å². The van der Waals surface area contributed by atoms with Crippen molar-refractivity contribution in [3.63, 3.8) is 0 Å². The van der Waals surface area contributed by atoms with E-state index in [0.29, 0.717) is 15.8 Å². The van der Waals surface area contributed by atoms with Crippen molar-refractivity contribution < 1.29 is 14.6 Å². The van der Waals surface area contributed by atoms with E-state index in [9.17, 15) is 4.79 Å². The quantitative estimate of drug-likeness (QED) is 0.918. The van der Waals surface area contributed by atoms with E-state index in [-0.39, 0.29) is 11.3 Å². The number of benzene rings is 2. The number of hydrogen-bond acceptors (Lipinski definition) is 3. The van der Waals surface area contributed by atoms with E-state index in [1.165, 1.54) is 6.07 Å². The summed E-state index contributed by atoms with van der Waals surface area (Å²) < 4.78 is 6.32. The lowest BCUT2D eigenvalue weighted by Crippen LogP contribution is -2.00. The van der Waals surface area contributed by atoms with Gasteiger partial charge in [0.15, 0.2) is 0 Å². The third-order valence-electron chi connectivity index (χ3n) is 2.65. The summed E-state index contributed by atoms with van der Waals surface area (Å²) in [4.78, 5) is 11.2. The van der Waals surface area contributed by atoms with Crippen molar-refractivity contribution in [2.24, 2.45) is 0 Å². The maximum Gasteiger partial charge on any atom is 0.339 e. The number of ether oxygens (including phenoxy) is 1. The number of carboxylic acid groups (broad SMARTS) is 1. The Morgan fingerprint density at radius 3 is 2.65 bits per heavy atom. The Bertz CT molecular complexity index is 720. The highest BCUT2D eigenvalue weighted by atomic mass is 79.9. The maximum atomic E-state index is 11.2. The van der Waals surface area contributed by atoms with Gasteiger partial charge in [-0.15, -0.1) is 0 Å². The summed E-state index contributed by atoms with van der Waals surface area (Å²) in [6, 6.07) is 11.8. The molecule has 20 heavy (non-hydrogen) atoms. The van der Waals surface area contributed by atoms with Crippen molar-refractivity contribution in [1.29, 1.82) is 5.26 Å². The molecule has 0 atom stereocenters. The van der Waals surface area contributed by atoms with E-state index in [4.69, 9.17) is 15.1 Å². The lowest BCUT2D eigenvalue weighted by molar-refractivity contribution is 0.0694. The number of aryl methyl sites for hydroxylation is 1. The molecule has 0 aliphatic rings. The number of aromatic carboxylic acids is 1. The highest BCUT2D eigenvalue weighted by molar-refractivity contribution is 9.10. The van der Waals surface area contributed by atoms with Gasteiger partial charge in [0.05, 0.1) is 5.56 Å². The smallest absolute Gasteiger partial charge is 0.339 e. The van der Waals surface area contributed by atoms with Gasteiger partial charge < -0.3 is 9.84 Å². The molecule has 0 bridgehead atoms. The van der Waals surface area contributed by atoms with Gasteiger partial charge in [-0.1, -0.05) is 22.0 Å². The first-order chi connectivity index (χ1) is 9.51. The molecule has 0 radical (unpaired) electrons. The molecular weight excluding hydrogens is 322 g/mol. The number of nitrogens with zero attached hydrogens (tertiary/aromatic N) is 1. The predicted octanol–water partition coefficient (Wildman–Crippen LogP) is 4.12. The molecule has 2 rings (SSSR count). The topological polar surface area (TPSA) is 70.3 Å². The molecule has 0 aromatic heterocycles. The van der Waals surface area contributed by atoms with Crippen LogP contribution in [0.15, 0.2) is 40.9 Å². The van der Waals surface area contributed by atoms with Crippen molar-refractivity contribution >= 4 is 21.9 Å². The zero-order valence-corrected chi connectivity index (χ0v) is 12.1. The van der Waals surface area contributed by atoms with E-state index in [1.54, 1.807) is 30.3 Å². The molecule has 1 N–H and O–H groups in total. The molecule has 0 saturated carbocycles. The first-order valence-electron chi connectivity index (χ1n) is 5.72. The van der Waals surface area contributed by atoms with E-state index in [0.717, 1.165) is 5.56 Å². The minimum absolute atomic E-state index is 0.0404. The Labute approximate surface area is 124 Å². The number of carboxylic acids is 1. The van der Waals surface area contributed by atoms with Gasteiger partial charge >= 0.3 is 5.97 Å². The standard InChI is InChI=1S/C15H10BrNO3/c1-9-2-3-10(8-17)13(6-9)20-14-7-11(16)4-5-12(14)15(18)19/h2-7H,1H3,(H,18,19). The summed E-state index contributed by atoms with van der Waals surface area (Å²) in [6.07, 6.45) is 0. The average Bonchev–Trinajstić information content (AvgIpc) is 2.38. The van der Waals surface area contributed by atoms with Gasteiger partial charge in [0.1, 0.15) is 23.1 Å². The van der Waals surface area contributed by atoms with Gasteiger partial charge in [-0.25, -0.2) is 4.79 Å². The summed E-state index contributed by atoms with van der Waals surface area (Å²) in [7, 11) is 0. The number of carbonyl (C=O) groups is 1. The summed E-state index contributed by atoms with van der Waals surface area (Å²) in [5, 5.41) is 18.2. The summed E-state index contributed by atoms with van der Waals surface area (Å²) in [6.45, 7) is 1.87. The molecule has 0 heterocycles. The fourth-order valence-electron chi connectivity index (χ4n) is 1.68. The molecule has 0 amide bonds. The van der Waals surface area contributed by atoms with Crippen LogP contribution in [0.2, 0.25) is 0 Å². The number of nitriles is 1. The number of halogens is 1. The van der Waals surface area contributed by atoms with E-state index < -0.39 is 5.97 Å². The van der Waals surface area contributed by atoms with Gasteiger partial charge in [-0.2, -0.15) is 5.26 Å². The Morgan fingerprint density at radius 2 is 2.00 bits per heavy atom. The monoisotopic (exact) mass is 331 g/mol. The Morgan fingerprint density at radius 1 is 1.25 bits per heavy atom. The van der Waals surface area contributed by atoms with Crippen molar-refractivity contribution in [3.05, 3.63) is 57.6 Å². The van der Waals surface area contributed by atoms with Crippen LogP contribution in [0.1, 0.15) is 21.5 Å². The molecule has 2 aromatic rings. The molecule has 0 fully saturated rings. The fraction of sp³-hybridized carbons (Fsp3) is 0.0667. The summed E-state index contributed by atoms with van der Waals surface area (Å²) in [5.74, 6) is -0.555. The zero-order chi connectivity index (χ0) is 14.7. The Kier molecular flexibility index (Phi) is 4.06. The van der Waals surface area contributed by atoms with Crippen LogP contribution in [-0.2, 0) is 0 Å². The minimum Gasteiger partial charge on any atom is -0.478 e. The third kappa shape index (κ3) is 2.98. The van der Waals surface area contributed by atoms with Crippen molar-refractivity contribution in [2.45, 2.75) is 6.92 Å². The molecular formula is C15H10BrNO3. The van der Waals surface area contributed by atoms with Gasteiger partial charge in [0, 0.05) is 4.47 Å². The molecule has 5 heteroatoms. The van der Waals surface area contributed by atoms with E-state index in [2.05, 4.69) is 15.9 Å². The van der Waals surface area contributed by atoms with Crippen LogP contribution in [0.3, 0.4) is 0 Å². The molecule has 0 aliphatic carbocycles. The van der Waals surface area contributed by atoms with Crippen LogP contribution >= 0.6 is 15.9 Å². The van der Waals surface area contributed by atoms with Crippen LogP contribution in [0.5, 0.6) is 11.5 Å². The van der Waals surface area contributed by atoms with Gasteiger partial charge in [-0.3, -0.25) is 0 Å². The second-order valence-electron chi connectivity index (χ2n) is 4.16. The average molecular weight is 332 g/mol. The Hall–Kier alpha value is -2.32. The summed E-state index contributed by atoms with van der Waals surface area (Å²) >= 11 is 3.27. The van der Waals surface area contributed by atoms with Gasteiger partial charge in [-0.05, 0) is 42.8 Å². The molecule has 0 unspecified atom stereocenters. The molecule has 0 aliphatic heterocycles. The molecule has 0 saturated heterocycles. The first kappa shape index (κ1) is 14.1. The predicted molar refractivity (Wildman–Crippen MR) is 77.1 cm³/mol. The summed E-state index contributed by atoms with van der Waals surface area (Å²) in [5.41, 5.74) is 1.32. The second-order valence-corrected chi connectivity index (χ2v) is 5.07. The fourth-order valence-corrected chi connectivity index (χ4v) is 2.02. The molecule has 0 spiro atoms. The molecule has 2 aromatic carbocycles. The minimum atomic E-state index is -1.08. The SMILES string of the molecule is Cc1ccc(C#N)c(Oc2cc(Br)ccc2C(=O)O)c1. The van der Waals surface area contributed by atoms with Gasteiger partial charge in [0.2, 0.25) is 0 Å². The van der Waals surface area contributed by atoms with E-state index in [1.807, 2.05) is 13.0 Å². The van der Waals surface area contributed by atoms with Crippen LogP contribution in [0.25, 0.3) is 0 Å². The normalized spacial score (nSPS) is 9.85. The first-order valence-corrected chi connectivity index (χ1v) is 6.52. The van der Waals surface area contributed by atoms with Crippen LogP contribution in [0.4, 0.5) is 0 Å². The number of hydrogen-bond donors (Lipinski definition) is 1. The van der Waals surface area contributed by atoms with Crippen molar-refractivity contribution in [2.75, 3.05) is 0 Å². The largest absolute Gasteiger partial charge is 0.478 e. The van der Waals surface area contributed by atoms with Crippen LogP contribution < -0.4 is 4.74 Å². The van der Waals surface area contributed by atoms with Crippen molar-refractivity contribution in [1.82, 2.24) is 0 Å².